The lowest BCUT2D eigenvalue weighted by molar-refractivity contribution is 0.0783. The lowest BCUT2D eigenvalue weighted by Crippen LogP contribution is -2.26. The lowest BCUT2D eigenvalue weighted by atomic mass is 10.2. The third-order valence-corrected chi connectivity index (χ3v) is 4.69. The predicted octanol–water partition coefficient (Wildman–Crippen LogP) is 2.36. The summed E-state index contributed by atoms with van der Waals surface area (Å²) in [6.07, 6.45) is 3.31. The molecule has 3 aromatic heterocycles. The Morgan fingerprint density at radius 1 is 1.21 bits per heavy atom. The summed E-state index contributed by atoms with van der Waals surface area (Å²) in [6, 6.07) is 15.6. The number of amides is 1. The van der Waals surface area contributed by atoms with Crippen molar-refractivity contribution in [3.05, 3.63) is 77.5 Å². The highest BCUT2D eigenvalue weighted by atomic mass is 16.2. The zero-order valence-corrected chi connectivity index (χ0v) is 16.1. The van der Waals surface area contributed by atoms with Gasteiger partial charge >= 0.3 is 0 Å². The molecular weight excluding hydrogens is 366 g/mol. The minimum absolute atomic E-state index is 0.179. The van der Waals surface area contributed by atoms with E-state index in [0.717, 1.165) is 11.2 Å². The average Bonchev–Trinajstić information content (AvgIpc) is 3.30. The predicted molar refractivity (Wildman–Crippen MR) is 107 cm³/mol. The van der Waals surface area contributed by atoms with Gasteiger partial charge in [-0.2, -0.15) is 10.4 Å². The molecule has 3 heterocycles. The number of aromatic nitrogens is 5. The third-order valence-electron chi connectivity index (χ3n) is 4.69. The van der Waals surface area contributed by atoms with E-state index in [1.807, 2.05) is 34.9 Å². The van der Waals surface area contributed by atoms with E-state index < -0.39 is 0 Å². The monoisotopic (exact) mass is 385 g/mol. The summed E-state index contributed by atoms with van der Waals surface area (Å²) in [5.41, 5.74) is 4.12. The Labute approximate surface area is 167 Å². The SMILES string of the molecule is CN(Cc1cc(C#N)n(C)n1)C(=O)c1cnc2c(c1)ncn2Cc1ccccc1. The van der Waals surface area contributed by atoms with Crippen LogP contribution in [-0.4, -0.2) is 42.2 Å². The fourth-order valence-electron chi connectivity index (χ4n) is 3.21. The van der Waals surface area contributed by atoms with Gasteiger partial charge in [-0.3, -0.25) is 9.48 Å². The van der Waals surface area contributed by atoms with Crippen LogP contribution in [0.25, 0.3) is 11.2 Å². The Bertz CT molecular complexity index is 1220. The van der Waals surface area contributed by atoms with Gasteiger partial charge in [-0.25, -0.2) is 9.97 Å². The fourth-order valence-corrected chi connectivity index (χ4v) is 3.21. The summed E-state index contributed by atoms with van der Waals surface area (Å²) >= 11 is 0. The molecule has 144 valence electrons. The smallest absolute Gasteiger partial charge is 0.255 e. The van der Waals surface area contributed by atoms with Crippen LogP contribution in [0.4, 0.5) is 0 Å². The van der Waals surface area contributed by atoms with Crippen molar-refractivity contribution in [2.45, 2.75) is 13.1 Å². The highest BCUT2D eigenvalue weighted by Crippen LogP contribution is 2.16. The van der Waals surface area contributed by atoms with E-state index in [1.54, 1.807) is 43.7 Å². The summed E-state index contributed by atoms with van der Waals surface area (Å²) in [6.45, 7) is 0.966. The van der Waals surface area contributed by atoms with Crippen LogP contribution < -0.4 is 0 Å². The van der Waals surface area contributed by atoms with E-state index in [2.05, 4.69) is 21.1 Å². The molecule has 0 aliphatic carbocycles. The van der Waals surface area contributed by atoms with Crippen LogP contribution in [0.15, 0.2) is 55.0 Å². The van der Waals surface area contributed by atoms with Crippen molar-refractivity contribution in [1.82, 2.24) is 29.2 Å². The van der Waals surface area contributed by atoms with Crippen LogP contribution in [-0.2, 0) is 20.1 Å². The van der Waals surface area contributed by atoms with Gasteiger partial charge in [0.25, 0.3) is 5.91 Å². The minimum Gasteiger partial charge on any atom is -0.336 e. The van der Waals surface area contributed by atoms with E-state index in [0.29, 0.717) is 35.6 Å². The van der Waals surface area contributed by atoms with Gasteiger partial charge in [-0.15, -0.1) is 0 Å². The van der Waals surface area contributed by atoms with Crippen LogP contribution in [0.3, 0.4) is 0 Å². The van der Waals surface area contributed by atoms with Gasteiger partial charge in [0.1, 0.15) is 17.3 Å². The van der Waals surface area contributed by atoms with Crippen molar-refractivity contribution in [2.24, 2.45) is 7.05 Å². The Morgan fingerprint density at radius 2 is 2.00 bits per heavy atom. The molecule has 4 rings (SSSR count). The molecule has 0 aliphatic heterocycles. The quantitative estimate of drug-likeness (QED) is 0.526. The molecule has 0 radical (unpaired) electrons. The first kappa shape index (κ1) is 18.4. The first-order valence-corrected chi connectivity index (χ1v) is 9.08. The van der Waals surface area contributed by atoms with Crippen LogP contribution in [0.5, 0.6) is 0 Å². The molecule has 0 aliphatic rings. The number of carbonyl (C=O) groups is 1. The summed E-state index contributed by atoms with van der Waals surface area (Å²) in [4.78, 5) is 23.2. The van der Waals surface area contributed by atoms with Gasteiger partial charge in [-0.1, -0.05) is 30.3 Å². The molecule has 0 bridgehead atoms. The van der Waals surface area contributed by atoms with Crippen molar-refractivity contribution in [3.8, 4) is 6.07 Å². The van der Waals surface area contributed by atoms with E-state index in [1.165, 1.54) is 4.68 Å². The number of rotatable bonds is 5. The number of pyridine rings is 1. The normalized spacial score (nSPS) is 10.8. The molecule has 8 heteroatoms. The second-order valence-corrected chi connectivity index (χ2v) is 6.84. The minimum atomic E-state index is -0.179. The van der Waals surface area contributed by atoms with E-state index in [4.69, 9.17) is 5.26 Å². The van der Waals surface area contributed by atoms with E-state index >= 15 is 0 Å². The van der Waals surface area contributed by atoms with Crippen molar-refractivity contribution in [3.63, 3.8) is 0 Å². The molecular formula is C21H19N7O. The number of benzene rings is 1. The molecule has 0 N–H and O–H groups in total. The Kier molecular flexibility index (Phi) is 4.79. The number of nitriles is 1. The summed E-state index contributed by atoms with van der Waals surface area (Å²) in [5.74, 6) is -0.179. The van der Waals surface area contributed by atoms with Gasteiger partial charge < -0.3 is 9.47 Å². The van der Waals surface area contributed by atoms with Gasteiger partial charge in [0, 0.05) is 20.3 Å². The zero-order valence-electron chi connectivity index (χ0n) is 16.1. The topological polar surface area (TPSA) is 92.6 Å². The standard InChI is InChI=1S/C21H19N7O/c1-26(13-17-9-18(10-22)27(2)25-17)21(29)16-8-19-20(23-11-16)28(14-24-19)12-15-6-4-3-5-7-15/h3-9,11,14H,12-13H2,1-2H3. The van der Waals surface area contributed by atoms with Crippen molar-refractivity contribution >= 4 is 17.1 Å². The maximum Gasteiger partial charge on any atom is 0.255 e. The molecule has 0 spiro atoms. The molecule has 1 aromatic carbocycles. The first-order valence-electron chi connectivity index (χ1n) is 9.08. The van der Waals surface area contributed by atoms with Crippen LogP contribution in [0.1, 0.15) is 27.3 Å². The summed E-state index contributed by atoms with van der Waals surface area (Å²) in [5, 5.41) is 13.3. The van der Waals surface area contributed by atoms with Crippen molar-refractivity contribution < 1.29 is 4.79 Å². The zero-order chi connectivity index (χ0) is 20.4. The molecule has 0 atom stereocenters. The number of hydrogen-bond acceptors (Lipinski definition) is 5. The number of aryl methyl sites for hydroxylation is 1. The van der Waals surface area contributed by atoms with Crippen LogP contribution in [0.2, 0.25) is 0 Å². The third kappa shape index (κ3) is 3.71. The largest absolute Gasteiger partial charge is 0.336 e. The molecule has 1 amide bonds. The number of fused-ring (bicyclic) bond motifs is 1. The molecule has 4 aromatic rings. The molecule has 0 unspecified atom stereocenters. The molecule has 29 heavy (non-hydrogen) atoms. The molecule has 0 fully saturated rings. The lowest BCUT2D eigenvalue weighted by Gasteiger charge is -2.15. The summed E-state index contributed by atoms with van der Waals surface area (Å²) < 4.78 is 3.46. The maximum absolute atomic E-state index is 12.8. The van der Waals surface area contributed by atoms with Crippen molar-refractivity contribution in [2.75, 3.05) is 7.05 Å². The maximum atomic E-state index is 12.8. The average molecular weight is 385 g/mol. The van der Waals surface area contributed by atoms with Crippen LogP contribution >= 0.6 is 0 Å². The Morgan fingerprint density at radius 3 is 2.72 bits per heavy atom. The molecule has 8 nitrogen and oxygen atoms in total. The highest BCUT2D eigenvalue weighted by molar-refractivity contribution is 5.96. The first-order chi connectivity index (χ1) is 14.0. The Hall–Kier alpha value is -3.99. The van der Waals surface area contributed by atoms with E-state index in [-0.39, 0.29) is 5.91 Å². The number of imidazole rings is 1. The van der Waals surface area contributed by atoms with Gasteiger partial charge in [0.05, 0.1) is 30.7 Å². The Balaban J connectivity index is 1.52. The fraction of sp³-hybridized carbons (Fsp3) is 0.190. The van der Waals surface area contributed by atoms with Gasteiger partial charge in [0.15, 0.2) is 5.65 Å². The highest BCUT2D eigenvalue weighted by Gasteiger charge is 2.16. The second kappa shape index (κ2) is 7.56. The van der Waals surface area contributed by atoms with Crippen molar-refractivity contribution in [1.29, 1.82) is 5.26 Å². The molecule has 0 saturated carbocycles. The van der Waals surface area contributed by atoms with E-state index in [9.17, 15) is 4.79 Å². The second-order valence-electron chi connectivity index (χ2n) is 6.84. The number of hydrogen-bond donors (Lipinski definition) is 0. The van der Waals surface area contributed by atoms with Gasteiger partial charge in [-0.05, 0) is 17.7 Å². The number of carbonyl (C=O) groups excluding carboxylic acids is 1. The van der Waals surface area contributed by atoms with Gasteiger partial charge in [0.2, 0.25) is 0 Å². The molecule has 0 saturated heterocycles. The summed E-state index contributed by atoms with van der Waals surface area (Å²) in [7, 11) is 3.40. The number of nitrogens with zero attached hydrogens (tertiary/aromatic N) is 7. The van der Waals surface area contributed by atoms with Crippen LogP contribution in [0, 0.1) is 11.3 Å².